The highest BCUT2D eigenvalue weighted by Gasteiger charge is 2.16. The molecule has 7 nitrogen and oxygen atoms in total. The fraction of sp³-hybridized carbons (Fsp3) is 0.174. The zero-order valence-electron chi connectivity index (χ0n) is 17.6. The van der Waals surface area contributed by atoms with E-state index in [0.29, 0.717) is 35.0 Å². The summed E-state index contributed by atoms with van der Waals surface area (Å²) in [6.45, 7) is 3.93. The van der Waals surface area contributed by atoms with E-state index >= 15 is 0 Å². The summed E-state index contributed by atoms with van der Waals surface area (Å²) >= 11 is 3.34. The summed E-state index contributed by atoms with van der Waals surface area (Å²) < 4.78 is 39.8. The van der Waals surface area contributed by atoms with Gasteiger partial charge in [-0.25, -0.2) is 8.42 Å². The number of hydrogen-bond acceptors (Lipinski definition) is 5. The first-order chi connectivity index (χ1) is 15.3. The normalized spacial score (nSPS) is 11.0. The van der Waals surface area contributed by atoms with Crippen LogP contribution in [0.4, 0.5) is 11.4 Å². The Kier molecular flexibility index (Phi) is 7.76. The van der Waals surface area contributed by atoms with Crippen molar-refractivity contribution < 1.29 is 22.7 Å². The molecule has 0 bridgehead atoms. The first-order valence-corrected chi connectivity index (χ1v) is 12.1. The van der Waals surface area contributed by atoms with Crippen molar-refractivity contribution in [1.82, 2.24) is 0 Å². The van der Waals surface area contributed by atoms with Crippen LogP contribution >= 0.6 is 15.9 Å². The summed E-state index contributed by atoms with van der Waals surface area (Å²) in [4.78, 5) is 12.2. The van der Waals surface area contributed by atoms with Gasteiger partial charge in [-0.2, -0.15) is 0 Å². The van der Waals surface area contributed by atoms with Crippen molar-refractivity contribution in [3.63, 3.8) is 0 Å². The van der Waals surface area contributed by atoms with Crippen molar-refractivity contribution in [3.8, 4) is 11.5 Å². The number of hydrogen-bond donors (Lipinski definition) is 2. The number of ether oxygens (including phenoxy) is 2. The maximum Gasteiger partial charge on any atom is 0.262 e. The quantitative estimate of drug-likeness (QED) is 0.416. The fourth-order valence-corrected chi connectivity index (χ4v) is 4.23. The van der Waals surface area contributed by atoms with Crippen LogP contribution in [0.15, 0.2) is 76.1 Å². The van der Waals surface area contributed by atoms with Gasteiger partial charge < -0.3 is 14.8 Å². The van der Waals surface area contributed by atoms with Crippen LogP contribution in [0.5, 0.6) is 11.5 Å². The number of benzene rings is 3. The lowest BCUT2D eigenvalue weighted by Crippen LogP contribution is -2.20. The smallest absolute Gasteiger partial charge is 0.262 e. The molecule has 9 heteroatoms. The Hall–Kier alpha value is -3.04. The molecule has 168 valence electrons. The number of rotatable bonds is 9. The standard InChI is InChI=1S/C23H23BrN2O5S/c1-3-30-20-10-8-19(9-11-20)26-32(28,29)21-12-13-22(16(2)14-21)31-15-23(27)25-18-6-4-17(24)5-7-18/h4-14,26H,3,15H2,1-2H3,(H,25,27). The summed E-state index contributed by atoms with van der Waals surface area (Å²) in [6.07, 6.45) is 0. The molecule has 3 aromatic rings. The SMILES string of the molecule is CCOc1ccc(NS(=O)(=O)c2ccc(OCC(=O)Nc3ccc(Br)cc3)c(C)c2)cc1. The van der Waals surface area contributed by atoms with Crippen LogP contribution in [-0.2, 0) is 14.8 Å². The molecule has 0 atom stereocenters. The predicted octanol–water partition coefficient (Wildman–Crippen LogP) is 4.97. The van der Waals surface area contributed by atoms with E-state index in [0.717, 1.165) is 4.47 Å². The highest BCUT2D eigenvalue weighted by Crippen LogP contribution is 2.24. The largest absolute Gasteiger partial charge is 0.494 e. The monoisotopic (exact) mass is 518 g/mol. The summed E-state index contributed by atoms with van der Waals surface area (Å²) in [5, 5.41) is 2.73. The molecular weight excluding hydrogens is 496 g/mol. The van der Waals surface area contributed by atoms with Crippen molar-refractivity contribution >= 4 is 43.2 Å². The van der Waals surface area contributed by atoms with Crippen LogP contribution in [0.2, 0.25) is 0 Å². The van der Waals surface area contributed by atoms with Gasteiger partial charge in [-0.15, -0.1) is 0 Å². The van der Waals surface area contributed by atoms with Crippen molar-refractivity contribution in [3.05, 3.63) is 76.8 Å². The molecule has 0 radical (unpaired) electrons. The summed E-state index contributed by atoms with van der Waals surface area (Å²) in [7, 11) is -3.78. The third-order valence-corrected chi connectivity index (χ3v) is 6.27. The van der Waals surface area contributed by atoms with Gasteiger partial charge >= 0.3 is 0 Å². The van der Waals surface area contributed by atoms with Crippen molar-refractivity contribution in [2.24, 2.45) is 0 Å². The first kappa shape index (κ1) is 23.6. The Morgan fingerprint density at radius 3 is 2.22 bits per heavy atom. The van der Waals surface area contributed by atoms with Crippen LogP contribution in [0, 0.1) is 6.92 Å². The minimum atomic E-state index is -3.78. The fourth-order valence-electron chi connectivity index (χ4n) is 2.82. The van der Waals surface area contributed by atoms with E-state index in [9.17, 15) is 13.2 Å². The van der Waals surface area contributed by atoms with Crippen LogP contribution in [0.25, 0.3) is 0 Å². The summed E-state index contributed by atoms with van der Waals surface area (Å²) in [6, 6.07) is 18.3. The van der Waals surface area contributed by atoms with E-state index < -0.39 is 10.0 Å². The first-order valence-electron chi connectivity index (χ1n) is 9.81. The Bertz CT molecular complexity index is 1180. The third-order valence-electron chi connectivity index (χ3n) is 4.36. The molecular formula is C23H23BrN2O5S. The van der Waals surface area contributed by atoms with Crippen LogP contribution in [-0.4, -0.2) is 27.5 Å². The molecule has 0 aromatic heterocycles. The number of aryl methyl sites for hydroxylation is 1. The van der Waals surface area contributed by atoms with Crippen molar-refractivity contribution in [1.29, 1.82) is 0 Å². The average Bonchev–Trinajstić information content (AvgIpc) is 2.76. The molecule has 2 N–H and O–H groups in total. The molecule has 0 aliphatic rings. The second-order valence-corrected chi connectivity index (χ2v) is 9.43. The van der Waals surface area contributed by atoms with Gasteiger partial charge in [0, 0.05) is 15.8 Å². The van der Waals surface area contributed by atoms with E-state index in [1.807, 2.05) is 19.1 Å². The zero-order chi connectivity index (χ0) is 23.1. The number of carbonyl (C=O) groups is 1. The second-order valence-electron chi connectivity index (χ2n) is 6.83. The van der Waals surface area contributed by atoms with Crippen LogP contribution < -0.4 is 19.5 Å². The molecule has 3 aromatic carbocycles. The molecule has 32 heavy (non-hydrogen) atoms. The highest BCUT2D eigenvalue weighted by molar-refractivity contribution is 9.10. The maximum absolute atomic E-state index is 12.7. The number of anilines is 2. The highest BCUT2D eigenvalue weighted by atomic mass is 79.9. The van der Waals surface area contributed by atoms with Gasteiger partial charge in [0.1, 0.15) is 11.5 Å². The lowest BCUT2D eigenvalue weighted by molar-refractivity contribution is -0.118. The summed E-state index contributed by atoms with van der Waals surface area (Å²) in [5.74, 6) is 0.772. The van der Waals surface area contributed by atoms with E-state index in [1.165, 1.54) is 18.2 Å². The van der Waals surface area contributed by atoms with Crippen molar-refractivity contribution in [2.75, 3.05) is 23.3 Å². The van der Waals surface area contributed by atoms with Gasteiger partial charge in [0.2, 0.25) is 0 Å². The second kappa shape index (κ2) is 10.5. The summed E-state index contributed by atoms with van der Waals surface area (Å²) in [5.41, 5.74) is 1.67. The van der Waals surface area contributed by atoms with Crippen LogP contribution in [0.1, 0.15) is 12.5 Å². The van der Waals surface area contributed by atoms with E-state index in [-0.39, 0.29) is 17.4 Å². The molecule has 1 amide bonds. The zero-order valence-corrected chi connectivity index (χ0v) is 20.0. The number of amides is 1. The molecule has 0 heterocycles. The number of nitrogens with one attached hydrogen (secondary N) is 2. The number of sulfonamides is 1. The molecule has 0 aliphatic carbocycles. The average molecular weight is 519 g/mol. The molecule has 0 spiro atoms. The molecule has 0 aliphatic heterocycles. The van der Waals surface area contributed by atoms with Crippen molar-refractivity contribution in [2.45, 2.75) is 18.7 Å². The van der Waals surface area contributed by atoms with Crippen LogP contribution in [0.3, 0.4) is 0 Å². The van der Waals surface area contributed by atoms with E-state index in [2.05, 4.69) is 26.0 Å². The van der Waals surface area contributed by atoms with Gasteiger partial charge in [-0.1, -0.05) is 15.9 Å². The topological polar surface area (TPSA) is 93.7 Å². The van der Waals surface area contributed by atoms with Gasteiger partial charge in [0.05, 0.1) is 11.5 Å². The Labute approximate surface area is 195 Å². The van der Waals surface area contributed by atoms with Gasteiger partial charge in [-0.3, -0.25) is 9.52 Å². The molecule has 0 saturated carbocycles. The minimum absolute atomic E-state index is 0.0931. The number of halogens is 1. The lowest BCUT2D eigenvalue weighted by atomic mass is 10.2. The lowest BCUT2D eigenvalue weighted by Gasteiger charge is -2.13. The predicted molar refractivity (Wildman–Crippen MR) is 128 cm³/mol. The van der Waals surface area contributed by atoms with Gasteiger partial charge in [0.25, 0.3) is 15.9 Å². The van der Waals surface area contributed by atoms with Gasteiger partial charge in [0.15, 0.2) is 6.61 Å². The Morgan fingerprint density at radius 2 is 1.59 bits per heavy atom. The van der Waals surface area contributed by atoms with E-state index in [4.69, 9.17) is 9.47 Å². The number of carbonyl (C=O) groups excluding carboxylic acids is 1. The molecule has 3 rings (SSSR count). The van der Waals surface area contributed by atoms with E-state index in [1.54, 1.807) is 43.3 Å². The Morgan fingerprint density at radius 1 is 0.938 bits per heavy atom. The maximum atomic E-state index is 12.7. The molecule has 0 unspecified atom stereocenters. The Balaban J connectivity index is 1.61. The third kappa shape index (κ3) is 6.48. The molecule has 0 saturated heterocycles. The molecule has 0 fully saturated rings. The van der Waals surface area contributed by atoms with Gasteiger partial charge in [-0.05, 0) is 86.1 Å². The minimum Gasteiger partial charge on any atom is -0.494 e.